The Kier molecular flexibility index (Phi) is 3.21. The molecule has 92 valence electrons. The fourth-order valence-corrected chi connectivity index (χ4v) is 4.34. The van der Waals surface area contributed by atoms with Gasteiger partial charge in [-0.3, -0.25) is 0 Å². The van der Waals surface area contributed by atoms with E-state index in [0.717, 1.165) is 23.8 Å². The van der Waals surface area contributed by atoms with Crippen LogP contribution < -0.4 is 5.32 Å². The second-order valence-corrected chi connectivity index (χ2v) is 6.30. The summed E-state index contributed by atoms with van der Waals surface area (Å²) in [6.45, 7) is 4.08. The Bertz CT molecular complexity index is 233. The average molecular weight is 222 g/mol. The van der Waals surface area contributed by atoms with Crippen molar-refractivity contribution in [1.29, 1.82) is 0 Å². The highest BCUT2D eigenvalue weighted by molar-refractivity contribution is 4.91. The Labute approximate surface area is 99.8 Å². The number of hydrogen-bond donors (Lipinski definition) is 1. The molecule has 1 N–H and O–H groups in total. The monoisotopic (exact) mass is 222 g/mol. The van der Waals surface area contributed by atoms with E-state index < -0.39 is 0 Å². The zero-order valence-electron chi connectivity index (χ0n) is 10.6. The quantitative estimate of drug-likeness (QED) is 0.787. The molecule has 1 aliphatic heterocycles. The molecular formula is C14H26N2. The predicted octanol–water partition coefficient (Wildman–Crippen LogP) is 2.11. The van der Waals surface area contributed by atoms with E-state index in [1.54, 1.807) is 25.7 Å². The van der Waals surface area contributed by atoms with E-state index in [1.807, 2.05) is 0 Å². The van der Waals surface area contributed by atoms with Crippen LogP contribution in [0.5, 0.6) is 0 Å². The highest BCUT2D eigenvalue weighted by Crippen LogP contribution is 2.48. The Hall–Kier alpha value is -0.0800. The smallest absolute Gasteiger partial charge is 0.00884 e. The van der Waals surface area contributed by atoms with Gasteiger partial charge in [-0.1, -0.05) is 6.42 Å². The Morgan fingerprint density at radius 2 is 1.88 bits per heavy atom. The minimum Gasteiger partial charge on any atom is -0.317 e. The Balaban J connectivity index is 1.46. The molecule has 2 heteroatoms. The van der Waals surface area contributed by atoms with Gasteiger partial charge in [0.15, 0.2) is 0 Å². The van der Waals surface area contributed by atoms with Crippen LogP contribution in [0.1, 0.15) is 38.5 Å². The summed E-state index contributed by atoms with van der Waals surface area (Å²) in [4.78, 5) is 2.74. The zero-order valence-corrected chi connectivity index (χ0v) is 10.6. The van der Waals surface area contributed by atoms with Crippen molar-refractivity contribution >= 4 is 0 Å². The first-order valence-electron chi connectivity index (χ1n) is 7.24. The topological polar surface area (TPSA) is 15.3 Å². The molecule has 0 aromatic carbocycles. The molecule has 2 aliphatic carbocycles. The third-order valence-corrected chi connectivity index (χ3v) is 5.37. The summed E-state index contributed by atoms with van der Waals surface area (Å²) in [6.07, 6.45) is 8.92. The van der Waals surface area contributed by atoms with Gasteiger partial charge in [-0.05, 0) is 70.0 Å². The maximum atomic E-state index is 3.42. The van der Waals surface area contributed by atoms with Crippen LogP contribution in [0.4, 0.5) is 0 Å². The molecular weight excluding hydrogens is 196 g/mol. The molecule has 3 aliphatic rings. The average Bonchev–Trinajstić information content (AvgIpc) is 2.92. The summed E-state index contributed by atoms with van der Waals surface area (Å²) < 4.78 is 0. The van der Waals surface area contributed by atoms with Crippen molar-refractivity contribution < 1.29 is 0 Å². The van der Waals surface area contributed by atoms with Crippen LogP contribution in [-0.4, -0.2) is 37.6 Å². The number of hydrogen-bond acceptors (Lipinski definition) is 2. The molecule has 3 atom stereocenters. The number of nitrogens with one attached hydrogen (secondary N) is 1. The molecule has 16 heavy (non-hydrogen) atoms. The Morgan fingerprint density at radius 3 is 2.44 bits per heavy atom. The van der Waals surface area contributed by atoms with E-state index in [4.69, 9.17) is 0 Å². The molecule has 1 heterocycles. The highest BCUT2D eigenvalue weighted by Gasteiger charge is 2.40. The first kappa shape index (κ1) is 11.0. The van der Waals surface area contributed by atoms with Crippen molar-refractivity contribution in [1.82, 2.24) is 10.2 Å². The molecule has 0 aromatic rings. The summed E-state index contributed by atoms with van der Waals surface area (Å²) in [5, 5.41) is 3.42. The van der Waals surface area contributed by atoms with Gasteiger partial charge >= 0.3 is 0 Å². The number of nitrogens with zero attached hydrogens (tertiary/aromatic N) is 1. The summed E-state index contributed by atoms with van der Waals surface area (Å²) in [6, 6.07) is 0.788. The van der Waals surface area contributed by atoms with Crippen molar-refractivity contribution in [2.75, 3.05) is 26.7 Å². The van der Waals surface area contributed by atoms with Crippen LogP contribution in [0.25, 0.3) is 0 Å². The van der Waals surface area contributed by atoms with Gasteiger partial charge in [0.25, 0.3) is 0 Å². The van der Waals surface area contributed by atoms with Gasteiger partial charge in [-0.25, -0.2) is 0 Å². The van der Waals surface area contributed by atoms with Gasteiger partial charge in [0, 0.05) is 12.6 Å². The minimum atomic E-state index is 0.788. The SMILES string of the molecule is CNC1CCN(CC2CC3CCC2C3)CC1. The molecule has 3 fully saturated rings. The predicted molar refractivity (Wildman–Crippen MR) is 67.5 cm³/mol. The number of likely N-dealkylation sites (tertiary alicyclic amines) is 1. The van der Waals surface area contributed by atoms with Crippen LogP contribution in [0.15, 0.2) is 0 Å². The Morgan fingerprint density at radius 1 is 1.06 bits per heavy atom. The molecule has 2 nitrogen and oxygen atoms in total. The lowest BCUT2D eigenvalue weighted by atomic mass is 9.88. The molecule has 2 saturated carbocycles. The highest BCUT2D eigenvalue weighted by atomic mass is 15.1. The molecule has 1 saturated heterocycles. The lowest BCUT2D eigenvalue weighted by molar-refractivity contribution is 0.151. The summed E-state index contributed by atoms with van der Waals surface area (Å²) in [5.41, 5.74) is 0. The van der Waals surface area contributed by atoms with Gasteiger partial charge in [0.05, 0.1) is 0 Å². The van der Waals surface area contributed by atoms with E-state index in [0.29, 0.717) is 0 Å². The largest absolute Gasteiger partial charge is 0.317 e. The zero-order chi connectivity index (χ0) is 11.0. The molecule has 2 bridgehead atoms. The van der Waals surface area contributed by atoms with Crippen LogP contribution in [0.3, 0.4) is 0 Å². The third-order valence-electron chi connectivity index (χ3n) is 5.37. The lowest BCUT2D eigenvalue weighted by Crippen LogP contribution is -2.43. The van der Waals surface area contributed by atoms with Crippen molar-refractivity contribution in [2.45, 2.75) is 44.6 Å². The van der Waals surface area contributed by atoms with E-state index >= 15 is 0 Å². The third kappa shape index (κ3) is 2.14. The van der Waals surface area contributed by atoms with Crippen molar-refractivity contribution in [3.8, 4) is 0 Å². The molecule has 0 aromatic heterocycles. The van der Waals surface area contributed by atoms with Gasteiger partial charge < -0.3 is 10.2 Å². The van der Waals surface area contributed by atoms with Crippen molar-refractivity contribution in [2.24, 2.45) is 17.8 Å². The van der Waals surface area contributed by atoms with Crippen LogP contribution in [0, 0.1) is 17.8 Å². The first-order valence-corrected chi connectivity index (χ1v) is 7.24. The maximum absolute atomic E-state index is 3.42. The summed E-state index contributed by atoms with van der Waals surface area (Å²) in [7, 11) is 2.11. The van der Waals surface area contributed by atoms with Gasteiger partial charge in [0.2, 0.25) is 0 Å². The summed E-state index contributed by atoms with van der Waals surface area (Å²) >= 11 is 0. The second kappa shape index (κ2) is 4.66. The van der Waals surface area contributed by atoms with E-state index in [-0.39, 0.29) is 0 Å². The normalized spacial score (nSPS) is 40.7. The second-order valence-electron chi connectivity index (χ2n) is 6.30. The van der Waals surface area contributed by atoms with Crippen LogP contribution in [-0.2, 0) is 0 Å². The number of fused-ring (bicyclic) bond motifs is 2. The fraction of sp³-hybridized carbons (Fsp3) is 1.00. The van der Waals surface area contributed by atoms with Gasteiger partial charge in [-0.15, -0.1) is 0 Å². The van der Waals surface area contributed by atoms with Crippen molar-refractivity contribution in [3.05, 3.63) is 0 Å². The number of rotatable bonds is 3. The first-order chi connectivity index (χ1) is 7.85. The van der Waals surface area contributed by atoms with E-state index in [1.165, 1.54) is 32.5 Å². The fourth-order valence-electron chi connectivity index (χ4n) is 4.34. The molecule has 3 rings (SSSR count). The molecule has 0 amide bonds. The van der Waals surface area contributed by atoms with Crippen LogP contribution >= 0.6 is 0 Å². The summed E-state index contributed by atoms with van der Waals surface area (Å²) in [5.74, 6) is 3.28. The van der Waals surface area contributed by atoms with E-state index in [9.17, 15) is 0 Å². The molecule has 3 unspecified atom stereocenters. The van der Waals surface area contributed by atoms with E-state index in [2.05, 4.69) is 17.3 Å². The minimum absolute atomic E-state index is 0.788. The van der Waals surface area contributed by atoms with Gasteiger partial charge in [-0.2, -0.15) is 0 Å². The lowest BCUT2D eigenvalue weighted by Gasteiger charge is -2.35. The van der Waals surface area contributed by atoms with Crippen molar-refractivity contribution in [3.63, 3.8) is 0 Å². The molecule has 0 radical (unpaired) electrons. The van der Waals surface area contributed by atoms with Gasteiger partial charge in [0.1, 0.15) is 0 Å². The maximum Gasteiger partial charge on any atom is 0.00884 e. The standard InChI is InChI=1S/C14H26N2/c1-15-14-4-6-16(7-5-14)10-13-9-11-2-3-12(13)8-11/h11-15H,2-10H2,1H3. The van der Waals surface area contributed by atoms with Crippen LogP contribution in [0.2, 0.25) is 0 Å². The molecule has 0 spiro atoms. The number of piperidine rings is 1.